The number of nitrogens with zero attached hydrogens (tertiary/aromatic N) is 4. The van der Waals surface area contributed by atoms with Gasteiger partial charge in [-0.25, -0.2) is 4.79 Å². The van der Waals surface area contributed by atoms with Gasteiger partial charge in [-0.15, -0.1) is 0 Å². The number of aromatic nitrogens is 2. The van der Waals surface area contributed by atoms with E-state index in [0.29, 0.717) is 19.1 Å². The van der Waals surface area contributed by atoms with Gasteiger partial charge in [0.25, 0.3) is 0 Å². The molecule has 1 aliphatic heterocycles. The molecular weight excluding hydrogens is 420 g/mol. The van der Waals surface area contributed by atoms with Crippen LogP contribution in [0.1, 0.15) is 52.0 Å². The number of carbonyl (C=O) groups is 1. The number of morpholine rings is 1. The normalized spacial score (nSPS) is 21.7. The summed E-state index contributed by atoms with van der Waals surface area (Å²) in [5, 5.41) is 0.944. The van der Waals surface area contributed by atoms with Gasteiger partial charge in [-0.05, 0) is 65.0 Å². The third-order valence-corrected chi connectivity index (χ3v) is 6.25. The van der Waals surface area contributed by atoms with Crippen molar-refractivity contribution in [1.82, 2.24) is 14.9 Å². The van der Waals surface area contributed by atoms with Crippen LogP contribution in [0.2, 0.25) is 0 Å². The van der Waals surface area contributed by atoms with E-state index in [1.807, 2.05) is 47.0 Å². The molecule has 1 saturated heterocycles. The number of aryl methyl sites for hydroxylation is 1. The van der Waals surface area contributed by atoms with E-state index >= 15 is 0 Å². The van der Waals surface area contributed by atoms with E-state index in [4.69, 9.17) is 19.2 Å². The summed E-state index contributed by atoms with van der Waals surface area (Å²) in [7, 11) is 1.83. The largest absolute Gasteiger partial charge is 0.474 e. The first-order chi connectivity index (χ1) is 15.7. The third kappa shape index (κ3) is 5.85. The Hall–Kier alpha value is -2.61. The third-order valence-electron chi connectivity index (χ3n) is 6.25. The summed E-state index contributed by atoms with van der Waals surface area (Å²) in [5.74, 6) is 1.53. The lowest BCUT2D eigenvalue weighted by atomic mass is 9.92. The summed E-state index contributed by atoms with van der Waals surface area (Å²) >= 11 is 0. The summed E-state index contributed by atoms with van der Waals surface area (Å²) in [4.78, 5) is 25.9. The molecule has 2 aromatic heterocycles. The molecule has 2 fully saturated rings. The number of rotatable bonds is 4. The van der Waals surface area contributed by atoms with Gasteiger partial charge in [-0.2, -0.15) is 4.98 Å². The lowest BCUT2D eigenvalue weighted by molar-refractivity contribution is 0.0138. The molecule has 0 unspecified atom stereocenters. The van der Waals surface area contributed by atoms with Gasteiger partial charge in [0.1, 0.15) is 17.5 Å². The molecule has 0 aromatic carbocycles. The van der Waals surface area contributed by atoms with Crippen molar-refractivity contribution in [2.24, 2.45) is 0 Å². The predicted molar refractivity (Wildman–Crippen MR) is 128 cm³/mol. The van der Waals surface area contributed by atoms with Crippen LogP contribution in [-0.2, 0) is 9.47 Å². The molecule has 4 rings (SSSR count). The second-order valence-electron chi connectivity index (χ2n) is 10.1. The fourth-order valence-corrected chi connectivity index (χ4v) is 4.42. The van der Waals surface area contributed by atoms with Crippen LogP contribution in [0.15, 0.2) is 18.3 Å². The lowest BCUT2D eigenvalue weighted by Crippen LogP contribution is -2.43. The van der Waals surface area contributed by atoms with Gasteiger partial charge in [0, 0.05) is 38.4 Å². The SMILES string of the molecule is Cc1cnc2cc(N3CCOCC3)nc(OC3CCC(N(C)C(=O)OC(C)(C)C)CC3)c2c1. The minimum absolute atomic E-state index is 0.0597. The Morgan fingerprint density at radius 2 is 1.85 bits per heavy atom. The predicted octanol–water partition coefficient (Wildman–Crippen LogP) is 4.33. The zero-order valence-corrected chi connectivity index (χ0v) is 20.5. The molecule has 0 spiro atoms. The Bertz CT molecular complexity index is 976. The quantitative estimate of drug-likeness (QED) is 0.678. The average Bonchev–Trinajstić information content (AvgIpc) is 2.79. The Balaban J connectivity index is 1.46. The maximum absolute atomic E-state index is 12.4. The molecule has 180 valence electrons. The van der Waals surface area contributed by atoms with E-state index in [2.05, 4.69) is 16.0 Å². The number of pyridine rings is 2. The fraction of sp³-hybridized carbons (Fsp3) is 0.640. The first-order valence-electron chi connectivity index (χ1n) is 11.9. The maximum atomic E-state index is 12.4. The standard InChI is InChI=1S/C25H36N4O4/c1-17-14-20-21(26-16-17)15-22(29-10-12-31-13-11-29)27-23(20)32-19-8-6-18(7-9-19)28(5)24(30)33-25(2,3)4/h14-16,18-19H,6-13H2,1-5H3. The Kier molecular flexibility index (Phi) is 6.93. The molecule has 1 aliphatic carbocycles. The van der Waals surface area contributed by atoms with Crippen molar-refractivity contribution in [3.8, 4) is 5.88 Å². The number of hydrogen-bond acceptors (Lipinski definition) is 7. The molecule has 1 amide bonds. The van der Waals surface area contributed by atoms with Crippen molar-refractivity contribution in [1.29, 1.82) is 0 Å². The lowest BCUT2D eigenvalue weighted by Gasteiger charge is -2.35. The number of ether oxygens (including phenoxy) is 3. The number of carbonyl (C=O) groups excluding carboxylic acids is 1. The van der Waals surface area contributed by atoms with Crippen LogP contribution in [0.5, 0.6) is 5.88 Å². The number of hydrogen-bond donors (Lipinski definition) is 0. The molecule has 1 saturated carbocycles. The molecule has 0 radical (unpaired) electrons. The molecule has 0 N–H and O–H groups in total. The van der Waals surface area contributed by atoms with E-state index in [9.17, 15) is 4.79 Å². The fourth-order valence-electron chi connectivity index (χ4n) is 4.42. The van der Waals surface area contributed by atoms with E-state index in [-0.39, 0.29) is 18.2 Å². The molecule has 33 heavy (non-hydrogen) atoms. The molecule has 3 heterocycles. The highest BCUT2D eigenvalue weighted by Crippen LogP contribution is 2.32. The van der Waals surface area contributed by atoms with Crippen LogP contribution in [-0.4, -0.2) is 72.1 Å². The van der Waals surface area contributed by atoms with Gasteiger partial charge < -0.3 is 24.0 Å². The van der Waals surface area contributed by atoms with Crippen molar-refractivity contribution < 1.29 is 19.0 Å². The van der Waals surface area contributed by atoms with Gasteiger partial charge >= 0.3 is 6.09 Å². The Morgan fingerprint density at radius 3 is 2.52 bits per heavy atom. The minimum Gasteiger partial charge on any atom is -0.474 e. The van der Waals surface area contributed by atoms with Crippen molar-refractivity contribution >= 4 is 22.8 Å². The summed E-state index contributed by atoms with van der Waals surface area (Å²) in [6.45, 7) is 10.7. The molecule has 2 aliphatic rings. The molecule has 8 nitrogen and oxygen atoms in total. The second kappa shape index (κ2) is 9.71. The van der Waals surface area contributed by atoms with Gasteiger partial charge in [0.2, 0.25) is 5.88 Å². The summed E-state index contributed by atoms with van der Waals surface area (Å²) in [5.41, 5.74) is 1.48. The van der Waals surface area contributed by atoms with Crippen LogP contribution in [0.25, 0.3) is 10.9 Å². The molecule has 0 bridgehead atoms. The minimum atomic E-state index is -0.490. The van der Waals surface area contributed by atoms with Crippen LogP contribution in [0.3, 0.4) is 0 Å². The molecule has 8 heteroatoms. The average molecular weight is 457 g/mol. The number of fused-ring (bicyclic) bond motifs is 1. The zero-order valence-electron chi connectivity index (χ0n) is 20.5. The van der Waals surface area contributed by atoms with Crippen molar-refractivity contribution in [2.75, 3.05) is 38.3 Å². The number of amides is 1. The van der Waals surface area contributed by atoms with Gasteiger partial charge in [-0.3, -0.25) is 4.98 Å². The van der Waals surface area contributed by atoms with Crippen LogP contribution < -0.4 is 9.64 Å². The molecule has 2 aromatic rings. The van der Waals surface area contributed by atoms with E-state index in [1.165, 1.54) is 0 Å². The number of anilines is 1. The monoisotopic (exact) mass is 456 g/mol. The highest BCUT2D eigenvalue weighted by atomic mass is 16.6. The van der Waals surface area contributed by atoms with Crippen molar-refractivity contribution in [2.45, 2.75) is 71.1 Å². The van der Waals surface area contributed by atoms with Gasteiger partial charge in [0.15, 0.2) is 0 Å². The highest BCUT2D eigenvalue weighted by molar-refractivity contribution is 5.86. The first kappa shape index (κ1) is 23.5. The smallest absolute Gasteiger partial charge is 0.410 e. The molecule has 0 atom stereocenters. The van der Waals surface area contributed by atoms with Gasteiger partial charge in [0.05, 0.1) is 24.1 Å². The van der Waals surface area contributed by atoms with Crippen LogP contribution >= 0.6 is 0 Å². The van der Waals surface area contributed by atoms with Gasteiger partial charge in [-0.1, -0.05) is 0 Å². The van der Waals surface area contributed by atoms with Crippen molar-refractivity contribution in [3.63, 3.8) is 0 Å². The Morgan fingerprint density at radius 1 is 1.15 bits per heavy atom. The van der Waals surface area contributed by atoms with E-state index < -0.39 is 5.60 Å². The van der Waals surface area contributed by atoms with Crippen LogP contribution in [0, 0.1) is 6.92 Å². The first-order valence-corrected chi connectivity index (χ1v) is 11.9. The van der Waals surface area contributed by atoms with E-state index in [1.54, 1.807) is 4.90 Å². The summed E-state index contributed by atoms with van der Waals surface area (Å²) in [6.07, 6.45) is 5.15. The summed E-state index contributed by atoms with van der Waals surface area (Å²) < 4.78 is 17.5. The van der Waals surface area contributed by atoms with E-state index in [0.717, 1.165) is 61.1 Å². The zero-order chi connectivity index (χ0) is 23.6. The van der Waals surface area contributed by atoms with Crippen molar-refractivity contribution in [3.05, 3.63) is 23.9 Å². The molecular formula is C25H36N4O4. The summed E-state index contributed by atoms with van der Waals surface area (Å²) in [6, 6.07) is 4.29. The maximum Gasteiger partial charge on any atom is 0.410 e. The van der Waals surface area contributed by atoms with Crippen LogP contribution in [0.4, 0.5) is 10.6 Å². The topological polar surface area (TPSA) is 77.0 Å². The second-order valence-corrected chi connectivity index (χ2v) is 10.1. The highest BCUT2D eigenvalue weighted by Gasteiger charge is 2.30. The Labute approximate surface area is 196 Å².